The summed E-state index contributed by atoms with van der Waals surface area (Å²) >= 11 is 0. The Balaban J connectivity index is 1.41. The van der Waals surface area contributed by atoms with Gasteiger partial charge in [0.2, 0.25) is 0 Å². The van der Waals surface area contributed by atoms with Gasteiger partial charge in [-0.3, -0.25) is 9.52 Å². The van der Waals surface area contributed by atoms with E-state index in [1.807, 2.05) is 30.3 Å². The second-order valence-electron chi connectivity index (χ2n) is 8.14. The monoisotopic (exact) mass is 507 g/mol. The Kier molecular flexibility index (Phi) is 6.50. The number of hydrogen-bond donors (Lipinski definition) is 1. The molecule has 182 valence electrons. The predicted molar refractivity (Wildman–Crippen MR) is 144 cm³/mol. The first-order valence-electron chi connectivity index (χ1n) is 11.3. The first-order chi connectivity index (χ1) is 17.9. The molecule has 1 heterocycles. The molecule has 7 heteroatoms. The van der Waals surface area contributed by atoms with E-state index in [2.05, 4.69) is 16.6 Å². The molecule has 0 saturated heterocycles. The van der Waals surface area contributed by atoms with Gasteiger partial charge in [0.1, 0.15) is 22.5 Å². The fourth-order valence-corrected chi connectivity index (χ4v) is 5.05. The van der Waals surface area contributed by atoms with Gasteiger partial charge in [0.05, 0.1) is 18.1 Å². The molecule has 1 N–H and O–H groups in total. The number of benzene rings is 4. The van der Waals surface area contributed by atoms with E-state index in [4.69, 9.17) is 9.15 Å². The number of fused-ring (bicyclic) bond motifs is 1. The third-order valence-electron chi connectivity index (χ3n) is 5.72. The van der Waals surface area contributed by atoms with Crippen LogP contribution in [0, 0.1) is 11.8 Å². The smallest absolute Gasteiger partial charge is 0.263 e. The summed E-state index contributed by atoms with van der Waals surface area (Å²) in [4.78, 5) is 13.1. The number of hydrogen-bond acceptors (Lipinski definition) is 5. The van der Waals surface area contributed by atoms with Crippen molar-refractivity contribution in [3.8, 4) is 28.7 Å². The van der Waals surface area contributed by atoms with Gasteiger partial charge < -0.3 is 9.15 Å². The van der Waals surface area contributed by atoms with Gasteiger partial charge in [0, 0.05) is 22.9 Å². The molecule has 0 aliphatic heterocycles. The zero-order valence-electron chi connectivity index (χ0n) is 19.8. The highest BCUT2D eigenvalue weighted by molar-refractivity contribution is 7.92. The number of ether oxygens (including phenoxy) is 1. The largest absolute Gasteiger partial charge is 0.497 e. The van der Waals surface area contributed by atoms with Crippen molar-refractivity contribution < 1.29 is 17.6 Å². The van der Waals surface area contributed by atoms with E-state index in [1.165, 1.54) is 12.3 Å². The van der Waals surface area contributed by atoms with Crippen LogP contribution in [0.4, 0.5) is 5.69 Å². The van der Waals surface area contributed by atoms with Crippen LogP contribution in [0.15, 0.2) is 117 Å². The number of rotatable bonds is 5. The first-order valence-corrected chi connectivity index (χ1v) is 12.8. The minimum Gasteiger partial charge on any atom is -0.497 e. The minimum atomic E-state index is -3.91. The fourth-order valence-electron chi connectivity index (χ4n) is 3.83. The maximum Gasteiger partial charge on any atom is 0.263 e. The summed E-state index contributed by atoms with van der Waals surface area (Å²) in [7, 11) is -2.37. The summed E-state index contributed by atoms with van der Waals surface area (Å²) in [6, 6.07) is 27.5. The van der Waals surface area contributed by atoms with E-state index in [0.29, 0.717) is 39.1 Å². The molecule has 0 spiro atoms. The van der Waals surface area contributed by atoms with E-state index in [-0.39, 0.29) is 10.3 Å². The molecule has 5 aromatic rings. The van der Waals surface area contributed by atoms with Crippen LogP contribution in [0.2, 0.25) is 0 Å². The molecule has 0 aliphatic rings. The highest BCUT2D eigenvalue weighted by Gasteiger charge is 2.18. The van der Waals surface area contributed by atoms with E-state index in [1.54, 1.807) is 67.8 Å². The molecule has 0 atom stereocenters. The highest BCUT2D eigenvalue weighted by atomic mass is 32.2. The highest BCUT2D eigenvalue weighted by Crippen LogP contribution is 2.25. The van der Waals surface area contributed by atoms with Crippen molar-refractivity contribution in [3.63, 3.8) is 0 Å². The van der Waals surface area contributed by atoms with E-state index in [9.17, 15) is 13.2 Å². The molecule has 4 aromatic carbocycles. The average Bonchev–Trinajstić information content (AvgIpc) is 2.93. The second-order valence-corrected chi connectivity index (χ2v) is 9.79. The van der Waals surface area contributed by atoms with Crippen molar-refractivity contribution in [1.29, 1.82) is 0 Å². The molecule has 5 rings (SSSR count). The third-order valence-corrected chi connectivity index (χ3v) is 7.16. The summed E-state index contributed by atoms with van der Waals surface area (Å²) in [5.41, 5.74) is 2.73. The van der Waals surface area contributed by atoms with Crippen molar-refractivity contribution in [3.05, 3.63) is 125 Å². The van der Waals surface area contributed by atoms with E-state index in [0.717, 1.165) is 5.56 Å². The molecule has 0 fully saturated rings. The number of methoxy groups -OCH3 is 1. The molecular weight excluding hydrogens is 486 g/mol. The quantitative estimate of drug-likeness (QED) is 0.310. The summed E-state index contributed by atoms with van der Waals surface area (Å²) in [5.74, 6) is 6.55. The van der Waals surface area contributed by atoms with Crippen molar-refractivity contribution >= 4 is 26.7 Å². The van der Waals surface area contributed by atoms with Gasteiger partial charge in [0.25, 0.3) is 10.0 Å². The lowest BCUT2D eigenvalue weighted by molar-refractivity contribution is 0.414. The molecule has 6 nitrogen and oxygen atoms in total. The Labute approximate surface area is 214 Å². The van der Waals surface area contributed by atoms with Gasteiger partial charge >= 0.3 is 0 Å². The van der Waals surface area contributed by atoms with Crippen LogP contribution in [0.5, 0.6) is 5.75 Å². The van der Waals surface area contributed by atoms with E-state index < -0.39 is 10.0 Å². The number of sulfonamides is 1. The van der Waals surface area contributed by atoms with Gasteiger partial charge in [0.15, 0.2) is 5.43 Å². The summed E-state index contributed by atoms with van der Waals surface area (Å²) < 4.78 is 39.8. The normalized spacial score (nSPS) is 10.9. The zero-order valence-corrected chi connectivity index (χ0v) is 20.6. The van der Waals surface area contributed by atoms with Crippen LogP contribution < -0.4 is 14.9 Å². The molecule has 0 amide bonds. The lowest BCUT2D eigenvalue weighted by Crippen LogP contribution is -2.14. The van der Waals surface area contributed by atoms with Crippen molar-refractivity contribution in [2.24, 2.45) is 0 Å². The van der Waals surface area contributed by atoms with Crippen molar-refractivity contribution in [1.82, 2.24) is 0 Å². The maximum atomic E-state index is 13.2. The standard InChI is InChI=1S/C30H21NO5S/c1-35-25-17-18-26-28(19-25)36-20-27(30(26)32)22-13-15-24(16-14-22)31-37(33,34)29-10-6-5-9-23(29)12-11-21-7-3-2-4-8-21/h2-10,13-20,31H,1H3. The molecule has 0 saturated carbocycles. The zero-order chi connectivity index (χ0) is 25.8. The first kappa shape index (κ1) is 23.9. The van der Waals surface area contributed by atoms with Crippen LogP contribution in [0.25, 0.3) is 22.1 Å². The van der Waals surface area contributed by atoms with Crippen LogP contribution in [0.1, 0.15) is 11.1 Å². The van der Waals surface area contributed by atoms with Crippen molar-refractivity contribution in [2.75, 3.05) is 11.8 Å². The predicted octanol–water partition coefficient (Wildman–Crippen LogP) is 5.67. The number of anilines is 1. The van der Waals surface area contributed by atoms with Crippen LogP contribution >= 0.6 is 0 Å². The Bertz CT molecular complexity index is 1810. The van der Waals surface area contributed by atoms with Gasteiger partial charge in [-0.1, -0.05) is 54.3 Å². The Morgan fingerprint density at radius 1 is 0.838 bits per heavy atom. The molecule has 0 unspecified atom stereocenters. The Hall–Kier alpha value is -4.80. The van der Waals surface area contributed by atoms with Gasteiger partial charge in [-0.25, -0.2) is 8.42 Å². The lowest BCUT2D eigenvalue weighted by Gasteiger charge is -2.10. The molecule has 0 radical (unpaired) electrons. The molecule has 1 aromatic heterocycles. The molecule has 37 heavy (non-hydrogen) atoms. The molecule has 0 bridgehead atoms. The van der Waals surface area contributed by atoms with E-state index >= 15 is 0 Å². The van der Waals surface area contributed by atoms with Gasteiger partial charge in [-0.05, 0) is 54.1 Å². The summed E-state index contributed by atoms with van der Waals surface area (Å²) in [6.07, 6.45) is 1.39. The van der Waals surface area contributed by atoms with Crippen LogP contribution in [-0.4, -0.2) is 15.5 Å². The summed E-state index contributed by atoms with van der Waals surface area (Å²) in [6.45, 7) is 0. The minimum absolute atomic E-state index is 0.0770. The average molecular weight is 508 g/mol. The second kappa shape index (κ2) is 10.1. The van der Waals surface area contributed by atoms with Crippen LogP contribution in [0.3, 0.4) is 0 Å². The fraction of sp³-hybridized carbons (Fsp3) is 0.0333. The summed E-state index contributed by atoms with van der Waals surface area (Å²) in [5, 5.41) is 0.427. The molecule has 0 aliphatic carbocycles. The Morgan fingerprint density at radius 3 is 2.32 bits per heavy atom. The van der Waals surface area contributed by atoms with Crippen LogP contribution in [-0.2, 0) is 10.0 Å². The lowest BCUT2D eigenvalue weighted by atomic mass is 10.1. The third kappa shape index (κ3) is 5.10. The molecular formula is C30H21NO5S. The van der Waals surface area contributed by atoms with Crippen molar-refractivity contribution in [2.45, 2.75) is 4.90 Å². The topological polar surface area (TPSA) is 85.6 Å². The van der Waals surface area contributed by atoms with Gasteiger partial charge in [-0.2, -0.15) is 0 Å². The Morgan fingerprint density at radius 2 is 1.57 bits per heavy atom. The van der Waals surface area contributed by atoms with Gasteiger partial charge in [-0.15, -0.1) is 0 Å². The maximum absolute atomic E-state index is 13.2. The number of nitrogens with one attached hydrogen (secondary N) is 1. The SMILES string of the molecule is COc1ccc2c(=O)c(-c3ccc(NS(=O)(=O)c4ccccc4C#Cc4ccccc4)cc3)coc2c1.